The third-order valence-corrected chi connectivity index (χ3v) is 7.32. The molecule has 0 aromatic rings. The van der Waals surface area contributed by atoms with Crippen LogP contribution in [0.25, 0.3) is 0 Å². The first-order valence-corrected chi connectivity index (χ1v) is 8.29. The summed E-state index contributed by atoms with van der Waals surface area (Å²) in [4.78, 5) is 2.48. The summed E-state index contributed by atoms with van der Waals surface area (Å²) in [5.41, 5.74) is 1.07. The van der Waals surface area contributed by atoms with Crippen molar-refractivity contribution in [3.63, 3.8) is 0 Å². The average molecular weight is 264 g/mol. The maximum atomic E-state index is 4.09. The van der Waals surface area contributed by atoms with Gasteiger partial charge in [-0.3, -0.25) is 0 Å². The van der Waals surface area contributed by atoms with Gasteiger partial charge in [0.2, 0.25) is 0 Å². The molecule has 1 aliphatic heterocycles. The van der Waals surface area contributed by atoms with Crippen molar-refractivity contribution in [2.45, 2.75) is 65.5 Å². The number of nitrogens with one attached hydrogen (secondary N) is 1. The second kappa shape index (κ2) is 4.46. The van der Waals surface area contributed by atoms with Crippen LogP contribution in [-0.2, 0) is 0 Å². The summed E-state index contributed by atoms with van der Waals surface area (Å²) in [6, 6.07) is 1.50. The van der Waals surface area contributed by atoms with Crippen LogP contribution in [0.2, 0.25) is 0 Å². The molecule has 0 amide bonds. The lowest BCUT2D eigenvalue weighted by Crippen LogP contribution is -2.54. The van der Waals surface area contributed by atoms with Gasteiger partial charge in [0, 0.05) is 18.6 Å². The lowest BCUT2D eigenvalue weighted by atomic mass is 9.69. The highest BCUT2D eigenvalue weighted by Gasteiger charge is 2.61. The molecule has 5 atom stereocenters. The van der Waals surface area contributed by atoms with E-state index in [0.29, 0.717) is 10.8 Å². The van der Waals surface area contributed by atoms with Crippen molar-refractivity contribution >= 4 is 0 Å². The Bertz CT molecular complexity index is 351. The predicted molar refractivity (Wildman–Crippen MR) is 81.2 cm³/mol. The molecule has 1 saturated heterocycles. The molecule has 3 aliphatic rings. The number of hydrogen-bond acceptors (Lipinski definition) is 2. The van der Waals surface area contributed by atoms with Gasteiger partial charge in [0.15, 0.2) is 0 Å². The molecule has 3 rings (SSSR count). The normalized spacial score (nSPS) is 49.7. The van der Waals surface area contributed by atoms with Crippen molar-refractivity contribution in [1.29, 1.82) is 0 Å². The third-order valence-electron chi connectivity index (χ3n) is 7.32. The summed E-state index contributed by atoms with van der Waals surface area (Å²) < 4.78 is 0. The standard InChI is InChI=1S/C17H32N2/c1-12-11-19(5)9-7-14(12)18-15-10-13-6-8-17(15,4)16(13,2)3/h12-15,18H,6-11H2,1-5H3. The zero-order valence-electron chi connectivity index (χ0n) is 13.5. The fourth-order valence-electron chi connectivity index (χ4n) is 5.32. The molecule has 3 fully saturated rings. The quantitative estimate of drug-likeness (QED) is 0.824. The van der Waals surface area contributed by atoms with E-state index in [0.717, 1.165) is 23.9 Å². The number of rotatable bonds is 2. The van der Waals surface area contributed by atoms with Gasteiger partial charge < -0.3 is 10.2 Å². The van der Waals surface area contributed by atoms with Crippen LogP contribution in [-0.4, -0.2) is 37.1 Å². The van der Waals surface area contributed by atoms with Gasteiger partial charge in [0.05, 0.1) is 0 Å². The first kappa shape index (κ1) is 13.9. The highest BCUT2D eigenvalue weighted by Crippen LogP contribution is 2.65. The van der Waals surface area contributed by atoms with Crippen LogP contribution in [0.15, 0.2) is 0 Å². The maximum Gasteiger partial charge on any atom is 0.0132 e. The zero-order chi connectivity index (χ0) is 13.8. The zero-order valence-corrected chi connectivity index (χ0v) is 13.5. The van der Waals surface area contributed by atoms with Crippen LogP contribution in [0.1, 0.15) is 53.4 Å². The van der Waals surface area contributed by atoms with Gasteiger partial charge >= 0.3 is 0 Å². The molecule has 0 aromatic carbocycles. The lowest BCUT2D eigenvalue weighted by Gasteiger charge is -2.44. The second-order valence-electron chi connectivity index (χ2n) is 8.46. The van der Waals surface area contributed by atoms with Crippen LogP contribution in [0.3, 0.4) is 0 Å². The minimum Gasteiger partial charge on any atom is -0.310 e. The first-order valence-electron chi connectivity index (χ1n) is 8.29. The van der Waals surface area contributed by atoms with E-state index in [1.807, 2.05) is 0 Å². The van der Waals surface area contributed by atoms with Crippen molar-refractivity contribution < 1.29 is 0 Å². The van der Waals surface area contributed by atoms with E-state index in [4.69, 9.17) is 0 Å². The maximum absolute atomic E-state index is 4.09. The molecule has 5 unspecified atom stereocenters. The van der Waals surface area contributed by atoms with Crippen molar-refractivity contribution in [1.82, 2.24) is 10.2 Å². The fraction of sp³-hybridized carbons (Fsp3) is 1.00. The molecule has 2 aliphatic carbocycles. The molecule has 19 heavy (non-hydrogen) atoms. The van der Waals surface area contributed by atoms with Gasteiger partial charge in [0.25, 0.3) is 0 Å². The van der Waals surface area contributed by atoms with Gasteiger partial charge in [-0.25, -0.2) is 0 Å². The number of nitrogens with zero attached hydrogens (tertiary/aromatic N) is 1. The van der Waals surface area contributed by atoms with Gasteiger partial charge in [-0.2, -0.15) is 0 Å². The highest BCUT2D eigenvalue weighted by molar-refractivity contribution is 5.13. The summed E-state index contributed by atoms with van der Waals surface area (Å²) >= 11 is 0. The molecule has 1 N–H and O–H groups in total. The van der Waals surface area contributed by atoms with Crippen molar-refractivity contribution in [2.75, 3.05) is 20.1 Å². The minimum absolute atomic E-state index is 0.529. The van der Waals surface area contributed by atoms with Gasteiger partial charge in [-0.1, -0.05) is 27.7 Å². The second-order valence-corrected chi connectivity index (χ2v) is 8.46. The fourth-order valence-corrected chi connectivity index (χ4v) is 5.32. The Labute approximate surface area is 119 Å². The van der Waals surface area contributed by atoms with Crippen LogP contribution < -0.4 is 5.32 Å². The smallest absolute Gasteiger partial charge is 0.0132 e. The molecule has 110 valence electrons. The van der Waals surface area contributed by atoms with E-state index in [-0.39, 0.29) is 0 Å². The van der Waals surface area contributed by atoms with Gasteiger partial charge in [0.1, 0.15) is 0 Å². The molecule has 0 aromatic heterocycles. The molecular weight excluding hydrogens is 232 g/mol. The van der Waals surface area contributed by atoms with Crippen molar-refractivity contribution in [3.05, 3.63) is 0 Å². The van der Waals surface area contributed by atoms with Crippen LogP contribution in [0.4, 0.5) is 0 Å². The van der Waals surface area contributed by atoms with E-state index >= 15 is 0 Å². The molecule has 0 spiro atoms. The summed E-state index contributed by atoms with van der Waals surface area (Å²) in [6.07, 6.45) is 5.64. The Hall–Kier alpha value is -0.0800. The van der Waals surface area contributed by atoms with Gasteiger partial charge in [-0.05, 0) is 61.9 Å². The molecule has 2 bridgehead atoms. The van der Waals surface area contributed by atoms with Crippen molar-refractivity contribution in [2.24, 2.45) is 22.7 Å². The van der Waals surface area contributed by atoms with E-state index in [9.17, 15) is 0 Å². The Kier molecular flexibility index (Phi) is 3.26. The number of fused-ring (bicyclic) bond motifs is 2. The number of likely N-dealkylation sites (tertiary alicyclic amines) is 1. The van der Waals surface area contributed by atoms with Crippen molar-refractivity contribution in [3.8, 4) is 0 Å². The minimum atomic E-state index is 0.529. The highest BCUT2D eigenvalue weighted by atomic mass is 15.1. The number of piperidine rings is 1. The van der Waals surface area contributed by atoms with Gasteiger partial charge in [-0.15, -0.1) is 0 Å². The molecule has 2 saturated carbocycles. The van der Waals surface area contributed by atoms with Crippen LogP contribution in [0.5, 0.6) is 0 Å². The number of hydrogen-bond donors (Lipinski definition) is 1. The third kappa shape index (κ3) is 1.98. The predicted octanol–water partition coefficient (Wildman–Crippen LogP) is 3.13. The molecule has 2 heteroatoms. The Morgan fingerprint density at radius 3 is 2.42 bits per heavy atom. The largest absolute Gasteiger partial charge is 0.310 e. The summed E-state index contributed by atoms with van der Waals surface area (Å²) in [6.45, 7) is 12.5. The summed E-state index contributed by atoms with van der Waals surface area (Å²) in [7, 11) is 2.26. The van der Waals surface area contributed by atoms with E-state index in [1.54, 1.807) is 0 Å². The topological polar surface area (TPSA) is 15.3 Å². The van der Waals surface area contributed by atoms with E-state index in [1.165, 1.54) is 38.8 Å². The molecule has 1 heterocycles. The summed E-state index contributed by atoms with van der Waals surface area (Å²) in [5, 5.41) is 4.09. The molecular formula is C17H32N2. The Balaban J connectivity index is 1.69. The lowest BCUT2D eigenvalue weighted by molar-refractivity contribution is 0.0933. The average Bonchev–Trinajstić information content (AvgIpc) is 2.65. The van der Waals surface area contributed by atoms with E-state index < -0.39 is 0 Å². The monoisotopic (exact) mass is 264 g/mol. The van der Waals surface area contributed by atoms with Crippen LogP contribution >= 0.6 is 0 Å². The first-order chi connectivity index (χ1) is 8.84. The summed E-state index contributed by atoms with van der Waals surface area (Å²) in [5.74, 6) is 1.75. The Morgan fingerprint density at radius 1 is 1.16 bits per heavy atom. The SMILES string of the molecule is CC1CN(C)CCC1NC1CC2CCC1(C)C2(C)C. The molecule has 0 radical (unpaired) electrons. The molecule has 2 nitrogen and oxygen atoms in total. The van der Waals surface area contributed by atoms with Crippen LogP contribution in [0, 0.1) is 22.7 Å². The van der Waals surface area contributed by atoms with E-state index in [2.05, 4.69) is 45.0 Å². The Morgan fingerprint density at radius 2 is 1.89 bits per heavy atom.